The van der Waals surface area contributed by atoms with E-state index in [1.807, 2.05) is 0 Å². The lowest BCUT2D eigenvalue weighted by Crippen LogP contribution is -2.25. The van der Waals surface area contributed by atoms with E-state index in [9.17, 15) is 31.4 Å². The summed E-state index contributed by atoms with van der Waals surface area (Å²) in [4.78, 5) is 40.9. The van der Waals surface area contributed by atoms with Crippen LogP contribution in [0.5, 0.6) is 11.6 Å². The van der Waals surface area contributed by atoms with Gasteiger partial charge < -0.3 is 20.9 Å². The number of nitrogens with zero attached hydrogens (tertiary/aromatic N) is 3. The number of carbonyl (C=O) groups is 3. The van der Waals surface area contributed by atoms with Gasteiger partial charge in [0.1, 0.15) is 5.56 Å². The molecule has 2 aromatic heterocycles. The van der Waals surface area contributed by atoms with Crippen LogP contribution in [0.25, 0.3) is 0 Å². The average Bonchev–Trinajstić information content (AvgIpc) is 2.85. The van der Waals surface area contributed by atoms with Crippen LogP contribution in [-0.4, -0.2) is 49.9 Å². The number of benzene rings is 1. The summed E-state index contributed by atoms with van der Waals surface area (Å²) < 4.78 is 76.4. The Labute approximate surface area is 231 Å². The van der Waals surface area contributed by atoms with Gasteiger partial charge in [-0.2, -0.15) is 21.9 Å². The van der Waals surface area contributed by atoms with Gasteiger partial charge in [-0.3, -0.25) is 14.4 Å². The summed E-state index contributed by atoms with van der Waals surface area (Å²) in [7, 11) is -3.25. The van der Waals surface area contributed by atoms with Crippen molar-refractivity contribution < 1.29 is 46.0 Å². The maximum absolute atomic E-state index is 13.6. The number of carboxylic acid groups (broad SMARTS) is 1. The summed E-state index contributed by atoms with van der Waals surface area (Å²) in [6.45, 7) is 3.62. The molecule has 4 N–H and O–H groups in total. The fraction of sp³-hybridized carbons (Fsp3) is 0.240. The highest BCUT2D eigenvalue weighted by Gasteiger charge is 2.36. The van der Waals surface area contributed by atoms with Crippen LogP contribution < -0.4 is 15.8 Å². The number of nitrogens with one attached hydrogen (secondary N) is 1. The molecular formula is C25H25F4N5O6S. The smallest absolute Gasteiger partial charge is 0.418 e. The summed E-state index contributed by atoms with van der Waals surface area (Å²) in [6.07, 6.45) is -3.09. The van der Waals surface area contributed by atoms with Crippen LogP contribution in [0.1, 0.15) is 34.1 Å². The molecule has 41 heavy (non-hydrogen) atoms. The molecule has 0 fully saturated rings. The van der Waals surface area contributed by atoms with Crippen molar-refractivity contribution in [2.75, 3.05) is 11.6 Å². The van der Waals surface area contributed by atoms with Crippen LogP contribution in [0, 0.1) is 19.8 Å². The monoisotopic (exact) mass is 599 g/mol. The minimum Gasteiger partial charge on any atom is -0.483 e. The Kier molecular flexibility index (Phi) is 10.6. The Hall–Kier alpha value is -4.44. The van der Waals surface area contributed by atoms with Crippen molar-refractivity contribution in [3.63, 3.8) is 0 Å². The van der Waals surface area contributed by atoms with E-state index in [1.165, 1.54) is 50.4 Å². The fourth-order valence-corrected chi connectivity index (χ4v) is 4.54. The Bertz CT molecular complexity index is 1590. The van der Waals surface area contributed by atoms with Crippen LogP contribution in [0.4, 0.5) is 23.2 Å². The van der Waals surface area contributed by atoms with Gasteiger partial charge in [0, 0.05) is 23.0 Å². The number of hydrogen-bond donors (Lipinski definition) is 3. The molecule has 2 heterocycles. The number of hydrogen-bond acceptors (Lipinski definition) is 8. The van der Waals surface area contributed by atoms with Crippen LogP contribution in [-0.2, 0) is 25.5 Å². The van der Waals surface area contributed by atoms with Crippen molar-refractivity contribution in [3.05, 3.63) is 70.9 Å². The maximum Gasteiger partial charge on any atom is 0.418 e. The highest BCUT2D eigenvalue weighted by molar-refractivity contribution is 7.93. The molecule has 0 radical (unpaired) electrons. The molecule has 16 heteroatoms. The van der Waals surface area contributed by atoms with Crippen molar-refractivity contribution in [3.8, 4) is 11.6 Å². The minimum absolute atomic E-state index is 0.0276. The third-order valence-corrected chi connectivity index (χ3v) is 6.89. The normalized spacial score (nSPS) is 13.1. The van der Waals surface area contributed by atoms with Gasteiger partial charge in [0.05, 0.1) is 27.0 Å². The Morgan fingerprint density at radius 3 is 2.41 bits per heavy atom. The number of halogens is 4. The molecule has 0 saturated heterocycles. The molecule has 11 nitrogen and oxygen atoms in total. The highest BCUT2D eigenvalue weighted by Crippen LogP contribution is 2.37. The molecule has 2 atom stereocenters. The third kappa shape index (κ3) is 8.52. The second-order valence-electron chi connectivity index (χ2n) is 8.40. The van der Waals surface area contributed by atoms with Gasteiger partial charge >= 0.3 is 6.18 Å². The third-order valence-electron chi connectivity index (χ3n) is 5.23. The number of anilines is 1. The van der Waals surface area contributed by atoms with E-state index in [4.69, 9.17) is 20.4 Å². The number of pyridine rings is 2. The van der Waals surface area contributed by atoms with Crippen molar-refractivity contribution >= 4 is 33.7 Å². The highest BCUT2D eigenvalue weighted by atomic mass is 32.2. The van der Waals surface area contributed by atoms with E-state index < -0.39 is 62.3 Å². The zero-order valence-electron chi connectivity index (χ0n) is 22.0. The predicted molar refractivity (Wildman–Crippen MR) is 139 cm³/mol. The number of aromatic nitrogens is 2. The average molecular weight is 600 g/mol. The molecule has 0 spiro atoms. The van der Waals surface area contributed by atoms with Gasteiger partial charge in [0.2, 0.25) is 11.8 Å². The minimum atomic E-state index is -4.82. The first-order chi connectivity index (χ1) is 19.0. The zero-order chi connectivity index (χ0) is 31.1. The molecule has 2 amide bonds. The van der Waals surface area contributed by atoms with E-state index in [0.717, 1.165) is 13.0 Å². The summed E-state index contributed by atoms with van der Waals surface area (Å²) in [5.41, 5.74) is 3.43. The van der Waals surface area contributed by atoms with E-state index >= 15 is 0 Å². The Balaban J connectivity index is 0.00000187. The second-order valence-corrected chi connectivity index (χ2v) is 10.7. The van der Waals surface area contributed by atoms with Gasteiger partial charge in [-0.25, -0.2) is 14.2 Å². The molecule has 0 aliphatic rings. The lowest BCUT2D eigenvalue weighted by Gasteiger charge is -2.17. The van der Waals surface area contributed by atoms with Gasteiger partial charge in [-0.05, 0) is 56.7 Å². The number of carbonyl (C=O) groups excluding carboxylic acids is 2. The van der Waals surface area contributed by atoms with Crippen LogP contribution in [0.2, 0.25) is 0 Å². The molecule has 0 bridgehead atoms. The molecule has 220 valence electrons. The second kappa shape index (κ2) is 13.3. The van der Waals surface area contributed by atoms with Gasteiger partial charge in [-0.15, -0.1) is 0 Å². The molecule has 0 saturated carbocycles. The maximum atomic E-state index is 13.6. The lowest BCUT2D eigenvalue weighted by molar-refractivity contribution is -0.138. The van der Waals surface area contributed by atoms with E-state index in [-0.39, 0.29) is 28.5 Å². The first kappa shape index (κ1) is 32.8. The Morgan fingerprint density at radius 1 is 1.22 bits per heavy atom. The van der Waals surface area contributed by atoms with E-state index in [2.05, 4.69) is 19.6 Å². The first-order valence-electron chi connectivity index (χ1n) is 11.4. The molecule has 0 unspecified atom stereocenters. The van der Waals surface area contributed by atoms with Gasteiger partial charge in [-0.1, -0.05) is 6.07 Å². The van der Waals surface area contributed by atoms with Crippen LogP contribution >= 0.6 is 0 Å². The fourth-order valence-electron chi connectivity index (χ4n) is 3.25. The number of nitrogens with two attached hydrogens (primary N) is 1. The molecule has 3 aromatic rings. The summed E-state index contributed by atoms with van der Waals surface area (Å²) in [5, 5.41) is 9.33. The summed E-state index contributed by atoms with van der Waals surface area (Å²) >= 11 is 0. The summed E-state index contributed by atoms with van der Waals surface area (Å²) in [6, 6.07) is 6.69. The van der Waals surface area contributed by atoms with Crippen LogP contribution in [0.15, 0.2) is 51.9 Å². The number of amides is 2. The Morgan fingerprint density at radius 2 is 1.85 bits per heavy atom. The quantitative estimate of drug-likeness (QED) is 0.212. The number of rotatable bonds is 6. The van der Waals surface area contributed by atoms with E-state index in [1.54, 1.807) is 0 Å². The molecule has 0 aliphatic carbocycles. The number of alkyl halides is 3. The van der Waals surface area contributed by atoms with Crippen molar-refractivity contribution in [2.24, 2.45) is 10.1 Å². The van der Waals surface area contributed by atoms with Gasteiger partial charge in [0.15, 0.2) is 5.75 Å². The number of aryl methyl sites for hydroxylation is 1. The van der Waals surface area contributed by atoms with Crippen molar-refractivity contribution in [1.29, 1.82) is 0 Å². The molecular weight excluding hydrogens is 574 g/mol. The van der Waals surface area contributed by atoms with E-state index in [0.29, 0.717) is 6.20 Å². The standard InChI is InChI=1S/C24H23F4N5O4S.CH2O2/c1-12-17(24(26,27)28)11-30-23(37-18-8-9-19(25)31-14(18)3)20(12)22(35)32-15-6-5-7-16(10-15)38(4,36)33-21(34)13(2)29;2-1-3/h5-11,13H,29H2,1-4H3,(H,32,35);1H,(H,2,3)/t13-,38-;/m1./s1. The van der Waals surface area contributed by atoms with Crippen LogP contribution in [0.3, 0.4) is 0 Å². The molecule has 1 aromatic carbocycles. The van der Waals surface area contributed by atoms with Crippen molar-refractivity contribution in [1.82, 2.24) is 9.97 Å². The largest absolute Gasteiger partial charge is 0.483 e. The molecule has 0 aliphatic heterocycles. The predicted octanol–water partition coefficient (Wildman–Crippen LogP) is 4.33. The SMILES string of the molecule is Cc1nc(F)ccc1Oc1ncc(C(F)(F)F)c(C)c1C(=O)Nc1cccc([S@@](C)(=O)=NC(=O)[C@@H](C)N)c1.O=CO. The molecule has 3 rings (SSSR count). The van der Waals surface area contributed by atoms with Crippen molar-refractivity contribution in [2.45, 2.75) is 37.9 Å². The summed E-state index contributed by atoms with van der Waals surface area (Å²) in [5.74, 6) is -3.11. The topological polar surface area (TPSA) is 174 Å². The van der Waals surface area contributed by atoms with Gasteiger partial charge in [0.25, 0.3) is 18.3 Å². The number of ether oxygens (including phenoxy) is 1. The zero-order valence-corrected chi connectivity index (χ0v) is 22.8. The lowest BCUT2D eigenvalue weighted by atomic mass is 10.0. The first-order valence-corrected chi connectivity index (χ1v) is 13.3.